The van der Waals surface area contributed by atoms with E-state index in [1.807, 2.05) is 4.90 Å². The third kappa shape index (κ3) is 4.30. The molecule has 0 radical (unpaired) electrons. The van der Waals surface area contributed by atoms with Crippen LogP contribution in [0.5, 0.6) is 0 Å². The first-order valence-corrected chi connectivity index (χ1v) is 9.04. The van der Waals surface area contributed by atoms with Crippen LogP contribution < -0.4 is 5.32 Å². The van der Waals surface area contributed by atoms with Gasteiger partial charge in [0.25, 0.3) is 0 Å². The minimum absolute atomic E-state index is 0.0919. The van der Waals surface area contributed by atoms with Crippen LogP contribution in [0.25, 0.3) is 0 Å². The van der Waals surface area contributed by atoms with Crippen LogP contribution in [0.3, 0.4) is 0 Å². The number of amides is 2. The minimum Gasteiger partial charge on any atom is -0.378 e. The third-order valence-corrected chi connectivity index (χ3v) is 5.20. The molecule has 0 bridgehead atoms. The number of methoxy groups -OCH3 is 1. The number of urea groups is 1. The van der Waals surface area contributed by atoms with Crippen LogP contribution in [-0.4, -0.2) is 47.2 Å². The zero-order valence-electron chi connectivity index (χ0n) is 13.4. The fourth-order valence-electron chi connectivity index (χ4n) is 2.59. The van der Waals surface area contributed by atoms with Crippen molar-refractivity contribution in [2.45, 2.75) is 36.7 Å². The number of carbonyl (C=O) groups excluding carboxylic acids is 1. The lowest BCUT2D eigenvalue weighted by Gasteiger charge is -2.26. The lowest BCUT2D eigenvalue weighted by molar-refractivity contribution is -0.00491. The van der Waals surface area contributed by atoms with Crippen LogP contribution in [0, 0.1) is 0 Å². The van der Waals surface area contributed by atoms with E-state index in [9.17, 15) is 9.00 Å². The molecular formula is C16H24N2O3S. The van der Waals surface area contributed by atoms with Gasteiger partial charge in [-0.15, -0.1) is 0 Å². The molecule has 5 nitrogen and oxygen atoms in total. The van der Waals surface area contributed by atoms with Crippen LogP contribution in [-0.2, 0) is 15.5 Å². The molecular weight excluding hydrogens is 300 g/mol. The third-order valence-electron chi connectivity index (χ3n) is 4.26. The second-order valence-electron chi connectivity index (χ2n) is 5.90. The molecule has 6 heteroatoms. The van der Waals surface area contributed by atoms with Gasteiger partial charge in [0, 0.05) is 47.8 Å². The maximum absolute atomic E-state index is 12.4. The summed E-state index contributed by atoms with van der Waals surface area (Å²) in [4.78, 5) is 14.9. The fraction of sp³-hybridized carbons (Fsp3) is 0.562. The van der Waals surface area contributed by atoms with E-state index in [1.54, 1.807) is 37.6 Å². The first kappa shape index (κ1) is 17.0. The Morgan fingerprint density at radius 3 is 2.55 bits per heavy atom. The largest absolute Gasteiger partial charge is 0.378 e. The molecule has 0 spiro atoms. The summed E-state index contributed by atoms with van der Waals surface area (Å²) < 4.78 is 16.9. The first-order valence-electron chi connectivity index (χ1n) is 7.48. The standard InChI is InChI=1S/C16H24N2O3S/c1-16(21-2)9-4-11-18(12-10-16)15(19)17-13-5-7-14(8-6-13)22(3)20/h5-8H,4,9-12H2,1-3H3,(H,17,19)/t16-,22+/m0/s1. The van der Waals surface area contributed by atoms with Gasteiger partial charge >= 0.3 is 6.03 Å². The van der Waals surface area contributed by atoms with Crippen molar-refractivity contribution in [2.75, 3.05) is 31.8 Å². The van der Waals surface area contributed by atoms with Gasteiger partial charge in [-0.05, 0) is 50.5 Å². The zero-order valence-corrected chi connectivity index (χ0v) is 14.2. The number of anilines is 1. The SMILES string of the molecule is CO[C@@]1(C)CCCN(C(=O)Nc2ccc([S@@](C)=O)cc2)CC1. The van der Waals surface area contributed by atoms with Crippen LogP contribution >= 0.6 is 0 Å². The van der Waals surface area contributed by atoms with Crippen molar-refractivity contribution < 1.29 is 13.7 Å². The van der Waals surface area contributed by atoms with E-state index in [2.05, 4.69) is 12.2 Å². The van der Waals surface area contributed by atoms with Gasteiger partial charge in [-0.25, -0.2) is 4.79 Å². The van der Waals surface area contributed by atoms with E-state index in [1.165, 1.54) is 0 Å². The average molecular weight is 324 g/mol. The number of rotatable bonds is 3. The predicted octanol–water partition coefficient (Wildman–Crippen LogP) is 2.85. The second-order valence-corrected chi connectivity index (χ2v) is 7.28. The Labute approximate surface area is 134 Å². The molecule has 122 valence electrons. The van der Waals surface area contributed by atoms with E-state index in [0.717, 1.165) is 36.4 Å². The maximum atomic E-state index is 12.4. The molecule has 1 saturated heterocycles. The summed E-state index contributed by atoms with van der Waals surface area (Å²) in [7, 11) is 0.728. The number of ether oxygens (including phenoxy) is 1. The van der Waals surface area contributed by atoms with Crippen molar-refractivity contribution in [3.05, 3.63) is 24.3 Å². The molecule has 22 heavy (non-hydrogen) atoms. The molecule has 1 aliphatic heterocycles. The van der Waals surface area contributed by atoms with Gasteiger partial charge in [-0.1, -0.05) is 0 Å². The molecule has 0 aromatic heterocycles. The summed E-state index contributed by atoms with van der Waals surface area (Å²) in [6, 6.07) is 7.02. The van der Waals surface area contributed by atoms with E-state index in [4.69, 9.17) is 4.74 Å². The molecule has 2 amide bonds. The van der Waals surface area contributed by atoms with Gasteiger partial charge in [-0.2, -0.15) is 0 Å². The normalized spacial score (nSPS) is 23.7. The lowest BCUT2D eigenvalue weighted by atomic mass is 9.97. The van der Waals surface area contributed by atoms with Crippen LogP contribution in [0.2, 0.25) is 0 Å². The Balaban J connectivity index is 1.95. The smallest absolute Gasteiger partial charge is 0.321 e. The minimum atomic E-state index is -1.00. The van der Waals surface area contributed by atoms with Crippen LogP contribution in [0.15, 0.2) is 29.2 Å². The summed E-state index contributed by atoms with van der Waals surface area (Å²) >= 11 is 0. The fourth-order valence-corrected chi connectivity index (χ4v) is 3.11. The quantitative estimate of drug-likeness (QED) is 0.930. The number of hydrogen-bond acceptors (Lipinski definition) is 3. The van der Waals surface area contributed by atoms with Crippen molar-refractivity contribution in [1.29, 1.82) is 0 Å². The maximum Gasteiger partial charge on any atom is 0.321 e. The van der Waals surface area contributed by atoms with Crippen LogP contribution in [0.1, 0.15) is 26.2 Å². The van der Waals surface area contributed by atoms with E-state index in [0.29, 0.717) is 6.54 Å². The highest BCUT2D eigenvalue weighted by molar-refractivity contribution is 7.84. The molecule has 1 aromatic rings. The molecule has 0 aliphatic carbocycles. The molecule has 1 fully saturated rings. The number of carbonyl (C=O) groups is 1. The Kier molecular flexibility index (Phi) is 5.58. The highest BCUT2D eigenvalue weighted by Gasteiger charge is 2.29. The second kappa shape index (κ2) is 7.24. The van der Waals surface area contributed by atoms with Crippen molar-refractivity contribution >= 4 is 22.5 Å². The number of nitrogens with one attached hydrogen (secondary N) is 1. The molecule has 1 N–H and O–H groups in total. The Morgan fingerprint density at radius 1 is 1.27 bits per heavy atom. The number of benzene rings is 1. The van der Waals surface area contributed by atoms with Gasteiger partial charge in [0.1, 0.15) is 0 Å². The summed E-state index contributed by atoms with van der Waals surface area (Å²) in [5.74, 6) is 0. The number of hydrogen-bond donors (Lipinski definition) is 1. The van der Waals surface area contributed by atoms with E-state index in [-0.39, 0.29) is 11.6 Å². The monoisotopic (exact) mass is 324 g/mol. The van der Waals surface area contributed by atoms with Gasteiger partial charge in [0.15, 0.2) is 0 Å². The molecule has 2 rings (SSSR count). The highest BCUT2D eigenvalue weighted by Crippen LogP contribution is 2.25. The molecule has 1 aliphatic rings. The van der Waals surface area contributed by atoms with Crippen molar-refractivity contribution in [1.82, 2.24) is 4.90 Å². The first-order chi connectivity index (χ1) is 10.4. The average Bonchev–Trinajstić information content (AvgIpc) is 2.70. The number of nitrogens with zero attached hydrogens (tertiary/aromatic N) is 1. The Hall–Kier alpha value is -1.40. The Morgan fingerprint density at radius 2 is 1.95 bits per heavy atom. The topological polar surface area (TPSA) is 58.6 Å². The molecule has 2 atom stereocenters. The molecule has 0 unspecified atom stereocenters. The van der Waals surface area contributed by atoms with Gasteiger partial charge in [0.05, 0.1) is 5.60 Å². The van der Waals surface area contributed by atoms with E-state index < -0.39 is 10.8 Å². The van der Waals surface area contributed by atoms with Crippen molar-refractivity contribution in [3.8, 4) is 0 Å². The summed E-state index contributed by atoms with van der Waals surface area (Å²) in [5, 5.41) is 2.90. The van der Waals surface area contributed by atoms with Gasteiger partial charge < -0.3 is 15.0 Å². The number of likely N-dealkylation sites (tertiary alicyclic amines) is 1. The molecule has 0 saturated carbocycles. The van der Waals surface area contributed by atoms with Gasteiger partial charge in [0.2, 0.25) is 0 Å². The summed E-state index contributed by atoms with van der Waals surface area (Å²) in [6.07, 6.45) is 4.37. The van der Waals surface area contributed by atoms with Crippen LogP contribution in [0.4, 0.5) is 10.5 Å². The lowest BCUT2D eigenvalue weighted by Crippen LogP contribution is -2.37. The summed E-state index contributed by atoms with van der Waals surface area (Å²) in [5.41, 5.74) is 0.583. The van der Waals surface area contributed by atoms with E-state index >= 15 is 0 Å². The highest BCUT2D eigenvalue weighted by atomic mass is 32.2. The predicted molar refractivity (Wildman–Crippen MR) is 88.6 cm³/mol. The molecule has 1 heterocycles. The van der Waals surface area contributed by atoms with Crippen molar-refractivity contribution in [3.63, 3.8) is 0 Å². The van der Waals surface area contributed by atoms with Gasteiger partial charge in [-0.3, -0.25) is 4.21 Å². The zero-order chi connectivity index (χ0) is 16.2. The molecule has 1 aromatic carbocycles. The Bertz CT molecular complexity index is 547. The summed E-state index contributed by atoms with van der Waals surface area (Å²) in [6.45, 7) is 3.52. The van der Waals surface area contributed by atoms with Crippen molar-refractivity contribution in [2.24, 2.45) is 0 Å².